The molecule has 0 unspecified atom stereocenters. The first kappa shape index (κ1) is 16.3. The van der Waals surface area contributed by atoms with Crippen LogP contribution in [0.25, 0.3) is 4.91 Å². The lowest BCUT2D eigenvalue weighted by Gasteiger charge is -2.02. The first-order valence-corrected chi connectivity index (χ1v) is 8.96. The van der Waals surface area contributed by atoms with Crippen molar-refractivity contribution in [3.8, 4) is 5.75 Å². The van der Waals surface area contributed by atoms with Gasteiger partial charge < -0.3 is 4.74 Å². The van der Waals surface area contributed by atoms with E-state index in [1.165, 1.54) is 0 Å². The highest BCUT2D eigenvalue weighted by Crippen LogP contribution is 2.29. The van der Waals surface area contributed by atoms with Crippen molar-refractivity contribution < 1.29 is 13.2 Å². The number of rotatable bonds is 4. The number of aliphatic imine (C=N–C) groups is 1. The third kappa shape index (κ3) is 3.19. The van der Waals surface area contributed by atoms with E-state index in [1.54, 1.807) is 26.2 Å². The molecule has 0 fully saturated rings. The fourth-order valence-corrected chi connectivity index (χ4v) is 4.10. The van der Waals surface area contributed by atoms with Gasteiger partial charge in [-0.05, 0) is 30.2 Å². The second kappa shape index (κ2) is 6.49. The zero-order valence-corrected chi connectivity index (χ0v) is 14.3. The molecule has 6 heteroatoms. The van der Waals surface area contributed by atoms with Gasteiger partial charge in [0.05, 0.1) is 13.7 Å². The molecule has 124 valence electrons. The summed E-state index contributed by atoms with van der Waals surface area (Å²) in [6.07, 6.45) is 0. The van der Waals surface area contributed by atoms with Gasteiger partial charge in [0, 0.05) is 5.57 Å². The molecule has 0 saturated heterocycles. The predicted octanol–water partition coefficient (Wildman–Crippen LogP) is 2.96. The zero-order valence-electron chi connectivity index (χ0n) is 13.5. The fraction of sp³-hybridized carbons (Fsp3) is 0.167. The van der Waals surface area contributed by atoms with Crippen LogP contribution in [-0.4, -0.2) is 21.4 Å². The number of amidine groups is 1. The van der Waals surface area contributed by atoms with Gasteiger partial charge in [-0.1, -0.05) is 42.5 Å². The molecule has 5 nitrogen and oxygen atoms in total. The average molecular weight is 342 g/mol. The summed E-state index contributed by atoms with van der Waals surface area (Å²) in [7, 11) is -1.96. The monoisotopic (exact) mass is 342 g/mol. The van der Waals surface area contributed by atoms with Gasteiger partial charge in [0.2, 0.25) is 0 Å². The predicted molar refractivity (Wildman–Crippen MR) is 95.2 cm³/mol. The van der Waals surface area contributed by atoms with Crippen LogP contribution in [0.2, 0.25) is 0 Å². The Bertz CT molecular complexity index is 899. The molecule has 0 aromatic heterocycles. The number of hydrogen-bond donors (Lipinski definition) is 1. The Morgan fingerprint density at radius 1 is 1.04 bits per heavy atom. The second-order valence-electron chi connectivity index (χ2n) is 5.44. The van der Waals surface area contributed by atoms with Crippen molar-refractivity contribution >= 4 is 20.8 Å². The minimum atomic E-state index is -3.57. The molecule has 0 saturated carbocycles. The fourth-order valence-electron chi connectivity index (χ4n) is 2.58. The lowest BCUT2D eigenvalue weighted by atomic mass is 10.1. The Balaban J connectivity index is 1.90. The van der Waals surface area contributed by atoms with E-state index in [-0.39, 0.29) is 4.91 Å². The van der Waals surface area contributed by atoms with Gasteiger partial charge in [0.25, 0.3) is 10.0 Å². The van der Waals surface area contributed by atoms with Crippen LogP contribution >= 0.6 is 0 Å². The molecule has 0 amide bonds. The maximum absolute atomic E-state index is 12.4. The highest BCUT2D eigenvalue weighted by Gasteiger charge is 2.32. The number of hydrogen-bond acceptors (Lipinski definition) is 4. The first-order valence-electron chi connectivity index (χ1n) is 7.48. The van der Waals surface area contributed by atoms with Gasteiger partial charge in [-0.15, -0.1) is 0 Å². The Morgan fingerprint density at radius 2 is 1.71 bits per heavy atom. The van der Waals surface area contributed by atoms with E-state index in [9.17, 15) is 8.42 Å². The van der Waals surface area contributed by atoms with Crippen molar-refractivity contribution in [1.29, 1.82) is 0 Å². The topological polar surface area (TPSA) is 67.8 Å². The van der Waals surface area contributed by atoms with Crippen LogP contribution < -0.4 is 9.46 Å². The standard InChI is InChI=1S/C18H18N2O3S/c1-13-17(15-6-4-3-5-7-15)24(21,22)20-18(13)19-12-14-8-10-16(23-2)11-9-14/h3-11H,12H2,1-2H3,(H,19,20). The third-order valence-electron chi connectivity index (χ3n) is 3.81. The van der Waals surface area contributed by atoms with E-state index in [0.29, 0.717) is 23.5 Å². The molecule has 0 radical (unpaired) electrons. The molecule has 0 aliphatic carbocycles. The summed E-state index contributed by atoms with van der Waals surface area (Å²) in [6.45, 7) is 2.16. The van der Waals surface area contributed by atoms with E-state index in [0.717, 1.165) is 11.3 Å². The molecular weight excluding hydrogens is 324 g/mol. The van der Waals surface area contributed by atoms with Crippen molar-refractivity contribution in [1.82, 2.24) is 4.72 Å². The van der Waals surface area contributed by atoms with Crippen LogP contribution in [0.1, 0.15) is 18.1 Å². The summed E-state index contributed by atoms with van der Waals surface area (Å²) in [5, 5.41) is 0. The number of nitrogens with zero attached hydrogens (tertiary/aromatic N) is 1. The highest BCUT2D eigenvalue weighted by atomic mass is 32.2. The summed E-state index contributed by atoms with van der Waals surface area (Å²) >= 11 is 0. The third-order valence-corrected chi connectivity index (χ3v) is 5.35. The number of benzene rings is 2. The van der Waals surface area contributed by atoms with Crippen LogP contribution in [0.4, 0.5) is 0 Å². The minimum Gasteiger partial charge on any atom is -0.497 e. The molecule has 1 aliphatic rings. The lowest BCUT2D eigenvalue weighted by molar-refractivity contribution is 0.414. The Morgan fingerprint density at radius 3 is 2.33 bits per heavy atom. The average Bonchev–Trinajstić information content (AvgIpc) is 2.83. The summed E-state index contributed by atoms with van der Waals surface area (Å²) in [6, 6.07) is 16.6. The Labute approximate surface area is 141 Å². The molecule has 1 aliphatic heterocycles. The molecule has 1 heterocycles. The van der Waals surface area contributed by atoms with Crippen LogP contribution in [0.3, 0.4) is 0 Å². The lowest BCUT2D eigenvalue weighted by Crippen LogP contribution is -2.23. The minimum absolute atomic E-state index is 0.289. The van der Waals surface area contributed by atoms with Gasteiger partial charge in [-0.3, -0.25) is 9.71 Å². The van der Waals surface area contributed by atoms with Gasteiger partial charge in [-0.25, -0.2) is 8.42 Å². The van der Waals surface area contributed by atoms with E-state index in [1.807, 2.05) is 42.5 Å². The van der Waals surface area contributed by atoms with Crippen LogP contribution in [-0.2, 0) is 16.6 Å². The van der Waals surface area contributed by atoms with Gasteiger partial charge in [0.1, 0.15) is 16.5 Å². The smallest absolute Gasteiger partial charge is 0.264 e. The molecular formula is C18H18N2O3S. The maximum Gasteiger partial charge on any atom is 0.264 e. The molecule has 0 atom stereocenters. The summed E-state index contributed by atoms with van der Waals surface area (Å²) in [5.41, 5.74) is 2.27. The Hall–Kier alpha value is -2.60. The SMILES string of the molecule is COc1ccc(CN=C2NS(=O)(=O)C(c3ccccc3)=C2C)cc1. The summed E-state index contributed by atoms with van der Waals surface area (Å²) in [4.78, 5) is 4.72. The van der Waals surface area contributed by atoms with E-state index in [2.05, 4.69) is 9.71 Å². The molecule has 0 spiro atoms. The van der Waals surface area contributed by atoms with E-state index in [4.69, 9.17) is 4.74 Å². The number of ether oxygens (including phenoxy) is 1. The maximum atomic E-state index is 12.4. The van der Waals surface area contributed by atoms with Crippen LogP contribution in [0.5, 0.6) is 5.75 Å². The highest BCUT2D eigenvalue weighted by molar-refractivity contribution is 8.00. The number of sulfonamides is 1. The number of nitrogens with one attached hydrogen (secondary N) is 1. The molecule has 3 rings (SSSR count). The second-order valence-corrected chi connectivity index (χ2v) is 7.06. The van der Waals surface area contributed by atoms with Gasteiger partial charge >= 0.3 is 0 Å². The molecule has 24 heavy (non-hydrogen) atoms. The van der Waals surface area contributed by atoms with Gasteiger partial charge in [0.15, 0.2) is 0 Å². The van der Waals surface area contributed by atoms with Crippen LogP contribution in [0.15, 0.2) is 65.2 Å². The van der Waals surface area contributed by atoms with Crippen molar-refractivity contribution in [3.63, 3.8) is 0 Å². The summed E-state index contributed by atoms with van der Waals surface area (Å²) < 4.78 is 32.5. The van der Waals surface area contributed by atoms with E-state index >= 15 is 0 Å². The normalized spacial score (nSPS) is 17.8. The molecule has 2 aromatic carbocycles. The summed E-state index contributed by atoms with van der Waals surface area (Å²) in [5.74, 6) is 1.17. The quantitative estimate of drug-likeness (QED) is 0.929. The van der Waals surface area contributed by atoms with E-state index < -0.39 is 10.0 Å². The molecule has 1 N–H and O–H groups in total. The van der Waals surface area contributed by atoms with Crippen molar-refractivity contribution in [2.75, 3.05) is 7.11 Å². The molecule has 0 bridgehead atoms. The largest absolute Gasteiger partial charge is 0.497 e. The van der Waals surface area contributed by atoms with Crippen molar-refractivity contribution in [2.24, 2.45) is 4.99 Å². The molecule has 2 aromatic rings. The number of methoxy groups -OCH3 is 1. The van der Waals surface area contributed by atoms with Crippen molar-refractivity contribution in [3.05, 3.63) is 71.3 Å². The Kier molecular flexibility index (Phi) is 4.40. The zero-order chi connectivity index (χ0) is 17.2. The van der Waals surface area contributed by atoms with Crippen molar-refractivity contribution in [2.45, 2.75) is 13.5 Å². The van der Waals surface area contributed by atoms with Crippen LogP contribution in [0, 0.1) is 0 Å². The van der Waals surface area contributed by atoms with Gasteiger partial charge in [-0.2, -0.15) is 0 Å². The first-order chi connectivity index (χ1) is 11.5.